The number of likely N-dealkylation sites (tertiary alicyclic amines) is 1. The minimum Gasteiger partial charge on any atom is -0.359 e. The molecular formula is C22H33N5O. The summed E-state index contributed by atoms with van der Waals surface area (Å²) in [5.74, 6) is 2.00. The summed E-state index contributed by atoms with van der Waals surface area (Å²) >= 11 is 0. The van der Waals surface area contributed by atoms with Gasteiger partial charge in [0.25, 0.3) is 0 Å². The maximum Gasteiger partial charge on any atom is 0.191 e. The van der Waals surface area contributed by atoms with Gasteiger partial charge in [0.1, 0.15) is 0 Å². The number of guanidine groups is 1. The summed E-state index contributed by atoms with van der Waals surface area (Å²) in [6.45, 7) is 7.86. The van der Waals surface area contributed by atoms with Crippen LogP contribution in [0.2, 0.25) is 0 Å². The number of benzene rings is 1. The maximum absolute atomic E-state index is 5.40. The summed E-state index contributed by atoms with van der Waals surface area (Å²) in [5.41, 5.74) is 2.36. The van der Waals surface area contributed by atoms with E-state index in [-0.39, 0.29) is 0 Å². The summed E-state index contributed by atoms with van der Waals surface area (Å²) < 4.78 is 5.40. The number of aliphatic imine (C=N–C) groups is 1. The first-order valence-corrected chi connectivity index (χ1v) is 10.3. The van der Waals surface area contributed by atoms with Gasteiger partial charge in [0.2, 0.25) is 0 Å². The molecule has 0 saturated carbocycles. The fourth-order valence-corrected chi connectivity index (χ4v) is 3.61. The molecule has 0 bridgehead atoms. The van der Waals surface area contributed by atoms with E-state index in [4.69, 9.17) is 4.52 Å². The van der Waals surface area contributed by atoms with Crippen LogP contribution in [0.4, 0.5) is 0 Å². The number of hydrogen-bond acceptors (Lipinski definition) is 4. The standard InChI is InChI=1S/C22H33N5O/c1-17(2)21-13-20(28-26-21)15-25-22(23-3)24-14-19-11-7-8-12-27(19)16-18-9-5-4-6-10-18/h4-6,9-10,13,17,19H,7-8,11-12,14-16H2,1-3H3,(H2,23,24,25). The van der Waals surface area contributed by atoms with E-state index in [1.165, 1.54) is 24.8 Å². The largest absolute Gasteiger partial charge is 0.359 e. The molecule has 6 nitrogen and oxygen atoms in total. The Morgan fingerprint density at radius 3 is 2.79 bits per heavy atom. The topological polar surface area (TPSA) is 65.7 Å². The van der Waals surface area contributed by atoms with Crippen molar-refractivity contribution in [3.63, 3.8) is 0 Å². The molecule has 1 aliphatic heterocycles. The molecule has 2 aromatic rings. The molecule has 0 aliphatic carbocycles. The lowest BCUT2D eigenvalue weighted by Crippen LogP contribution is -2.48. The minimum absolute atomic E-state index is 0.372. The summed E-state index contributed by atoms with van der Waals surface area (Å²) in [6.07, 6.45) is 3.79. The van der Waals surface area contributed by atoms with Crippen molar-refractivity contribution in [3.8, 4) is 0 Å². The van der Waals surface area contributed by atoms with Crippen molar-refractivity contribution in [2.45, 2.75) is 58.2 Å². The van der Waals surface area contributed by atoms with E-state index in [1.54, 1.807) is 7.05 Å². The van der Waals surface area contributed by atoms with Crippen LogP contribution in [0.25, 0.3) is 0 Å². The van der Waals surface area contributed by atoms with Crippen molar-refractivity contribution in [2.24, 2.45) is 4.99 Å². The zero-order valence-corrected chi connectivity index (χ0v) is 17.3. The predicted octanol–water partition coefficient (Wildman–Crippen LogP) is 3.52. The molecule has 0 amide bonds. The Morgan fingerprint density at radius 2 is 2.07 bits per heavy atom. The quantitative estimate of drug-likeness (QED) is 0.566. The highest BCUT2D eigenvalue weighted by Crippen LogP contribution is 2.19. The molecule has 1 fully saturated rings. The van der Waals surface area contributed by atoms with Gasteiger partial charge in [0.15, 0.2) is 11.7 Å². The molecule has 2 N–H and O–H groups in total. The Hall–Kier alpha value is -2.34. The first-order valence-electron chi connectivity index (χ1n) is 10.3. The number of piperidine rings is 1. The van der Waals surface area contributed by atoms with Crippen LogP contribution >= 0.6 is 0 Å². The molecular weight excluding hydrogens is 350 g/mol. The molecule has 1 saturated heterocycles. The average Bonchev–Trinajstić information content (AvgIpc) is 3.19. The number of nitrogens with zero attached hydrogens (tertiary/aromatic N) is 3. The molecule has 152 valence electrons. The van der Waals surface area contributed by atoms with E-state index >= 15 is 0 Å². The molecule has 0 spiro atoms. The van der Waals surface area contributed by atoms with Gasteiger partial charge < -0.3 is 15.2 Å². The fraction of sp³-hybridized carbons (Fsp3) is 0.545. The van der Waals surface area contributed by atoms with Crippen LogP contribution in [0.3, 0.4) is 0 Å². The summed E-state index contributed by atoms with van der Waals surface area (Å²) in [7, 11) is 1.80. The highest BCUT2D eigenvalue weighted by Gasteiger charge is 2.22. The Balaban J connectivity index is 1.49. The van der Waals surface area contributed by atoms with Crippen LogP contribution in [0.5, 0.6) is 0 Å². The molecule has 1 unspecified atom stereocenters. The third-order valence-electron chi connectivity index (χ3n) is 5.31. The van der Waals surface area contributed by atoms with E-state index in [1.807, 2.05) is 6.07 Å². The molecule has 3 rings (SSSR count). The van der Waals surface area contributed by atoms with Crippen LogP contribution in [0, 0.1) is 0 Å². The summed E-state index contributed by atoms with van der Waals surface area (Å²) in [4.78, 5) is 6.94. The molecule has 1 aromatic heterocycles. The monoisotopic (exact) mass is 383 g/mol. The van der Waals surface area contributed by atoms with Crippen LogP contribution in [0.15, 0.2) is 45.9 Å². The Kier molecular flexibility index (Phi) is 7.48. The van der Waals surface area contributed by atoms with Crippen molar-refractivity contribution in [1.29, 1.82) is 0 Å². The van der Waals surface area contributed by atoms with Gasteiger partial charge >= 0.3 is 0 Å². The molecule has 2 heterocycles. The van der Waals surface area contributed by atoms with Gasteiger partial charge in [-0.15, -0.1) is 0 Å². The SMILES string of the molecule is CN=C(NCc1cc(C(C)C)no1)NCC1CCCCN1Cc1ccccc1. The Morgan fingerprint density at radius 1 is 1.25 bits per heavy atom. The molecule has 1 atom stereocenters. The minimum atomic E-state index is 0.372. The number of rotatable bonds is 7. The van der Waals surface area contributed by atoms with E-state index < -0.39 is 0 Å². The zero-order valence-electron chi connectivity index (χ0n) is 17.3. The van der Waals surface area contributed by atoms with Crippen molar-refractivity contribution in [3.05, 3.63) is 53.4 Å². The third-order valence-corrected chi connectivity index (χ3v) is 5.31. The summed E-state index contributed by atoms with van der Waals surface area (Å²) in [5, 5.41) is 10.9. The summed E-state index contributed by atoms with van der Waals surface area (Å²) in [6, 6.07) is 13.3. The van der Waals surface area contributed by atoms with Gasteiger partial charge in [-0.1, -0.05) is 55.8 Å². The van der Waals surface area contributed by atoms with Crippen LogP contribution < -0.4 is 10.6 Å². The van der Waals surface area contributed by atoms with Crippen LogP contribution in [-0.4, -0.2) is 42.2 Å². The van der Waals surface area contributed by atoms with Gasteiger partial charge in [-0.3, -0.25) is 9.89 Å². The lowest BCUT2D eigenvalue weighted by atomic mass is 10.0. The van der Waals surface area contributed by atoms with Crippen molar-refractivity contribution < 1.29 is 4.52 Å². The fourth-order valence-electron chi connectivity index (χ4n) is 3.61. The molecule has 6 heteroatoms. The van der Waals surface area contributed by atoms with E-state index in [0.29, 0.717) is 18.5 Å². The third kappa shape index (κ3) is 5.83. The second-order valence-electron chi connectivity index (χ2n) is 7.79. The average molecular weight is 384 g/mol. The first-order chi connectivity index (χ1) is 13.7. The molecule has 1 aliphatic rings. The maximum atomic E-state index is 5.40. The van der Waals surface area contributed by atoms with Gasteiger partial charge in [-0.05, 0) is 30.9 Å². The highest BCUT2D eigenvalue weighted by molar-refractivity contribution is 5.79. The second-order valence-corrected chi connectivity index (χ2v) is 7.79. The number of nitrogens with one attached hydrogen (secondary N) is 2. The van der Waals surface area contributed by atoms with Gasteiger partial charge in [-0.25, -0.2) is 0 Å². The van der Waals surface area contributed by atoms with Crippen molar-refractivity contribution >= 4 is 5.96 Å². The first kappa shape index (κ1) is 20.4. The van der Waals surface area contributed by atoms with E-state index in [2.05, 4.69) is 69.9 Å². The lowest BCUT2D eigenvalue weighted by molar-refractivity contribution is 0.141. The Bertz CT molecular complexity index is 740. The lowest BCUT2D eigenvalue weighted by Gasteiger charge is -2.36. The predicted molar refractivity (Wildman–Crippen MR) is 113 cm³/mol. The second kappa shape index (κ2) is 10.3. The zero-order chi connectivity index (χ0) is 19.8. The molecule has 28 heavy (non-hydrogen) atoms. The van der Waals surface area contributed by atoms with Crippen LogP contribution in [0.1, 0.15) is 56.0 Å². The number of hydrogen-bond donors (Lipinski definition) is 2. The smallest absolute Gasteiger partial charge is 0.191 e. The van der Waals surface area contributed by atoms with Gasteiger partial charge in [0.05, 0.1) is 12.2 Å². The van der Waals surface area contributed by atoms with E-state index in [9.17, 15) is 0 Å². The van der Waals surface area contributed by atoms with Gasteiger partial charge in [0, 0.05) is 32.2 Å². The van der Waals surface area contributed by atoms with Crippen molar-refractivity contribution in [2.75, 3.05) is 20.1 Å². The van der Waals surface area contributed by atoms with E-state index in [0.717, 1.165) is 37.0 Å². The normalized spacial score (nSPS) is 18.4. The Labute approximate surface area is 168 Å². The molecule has 0 radical (unpaired) electrons. The molecule has 1 aromatic carbocycles. The highest BCUT2D eigenvalue weighted by atomic mass is 16.5. The number of aromatic nitrogens is 1. The van der Waals surface area contributed by atoms with Gasteiger partial charge in [-0.2, -0.15) is 0 Å². The van der Waals surface area contributed by atoms with Crippen LogP contribution in [-0.2, 0) is 13.1 Å². The van der Waals surface area contributed by atoms with Crippen molar-refractivity contribution in [1.82, 2.24) is 20.7 Å².